The first-order valence-corrected chi connectivity index (χ1v) is 3.63. The van der Waals surface area contributed by atoms with E-state index in [2.05, 4.69) is 12.2 Å². The van der Waals surface area contributed by atoms with Crippen LogP contribution in [0, 0.1) is 0 Å². The molecule has 1 rings (SSSR count). The van der Waals surface area contributed by atoms with Gasteiger partial charge in [-0.25, -0.2) is 4.79 Å². The number of carbonyl (C=O) groups is 1. The van der Waals surface area contributed by atoms with Crippen LogP contribution in [0.1, 0.15) is 0 Å². The largest absolute Gasteiger partial charge is 0.326 e. The van der Waals surface area contributed by atoms with E-state index in [-0.39, 0.29) is 10.5 Å². The summed E-state index contributed by atoms with van der Waals surface area (Å²) in [5.41, 5.74) is 0. The first-order valence-electron chi connectivity index (χ1n) is 2.85. The molecule has 5 heteroatoms. The van der Waals surface area contributed by atoms with Crippen LogP contribution in [0.25, 0.3) is 0 Å². The molecule has 0 N–H and O–H groups in total. The van der Waals surface area contributed by atoms with E-state index < -0.39 is 0 Å². The van der Waals surface area contributed by atoms with Gasteiger partial charge in [-0.2, -0.15) is 0 Å². The number of thiocarbonyl (C=S) groups is 1. The van der Waals surface area contributed by atoms with Crippen molar-refractivity contribution >= 4 is 34.3 Å². The standard InChI is InChI=1S/C5H7ClN2OS/c1-7-2-3-8(4(6)10)5(7)9/h2-3H2,1H3. The Hall–Kier alpha value is -0.350. The number of likely N-dealkylation sites (N-methyl/N-ethyl adjacent to an activating group) is 1. The van der Waals surface area contributed by atoms with Gasteiger partial charge in [-0.05, 0) is 12.2 Å². The number of urea groups is 1. The molecule has 0 spiro atoms. The van der Waals surface area contributed by atoms with Crippen molar-refractivity contribution in [1.29, 1.82) is 0 Å². The van der Waals surface area contributed by atoms with Gasteiger partial charge in [0.1, 0.15) is 0 Å². The zero-order chi connectivity index (χ0) is 7.72. The predicted molar refractivity (Wildman–Crippen MR) is 43.2 cm³/mol. The van der Waals surface area contributed by atoms with Gasteiger partial charge in [0.05, 0.1) is 0 Å². The van der Waals surface area contributed by atoms with Crippen LogP contribution in [-0.2, 0) is 0 Å². The normalized spacial score (nSPS) is 18.4. The van der Waals surface area contributed by atoms with Crippen LogP contribution in [0.2, 0.25) is 0 Å². The minimum absolute atomic E-state index is 0.111. The summed E-state index contributed by atoms with van der Waals surface area (Å²) in [7, 11) is 1.72. The van der Waals surface area contributed by atoms with E-state index in [1.165, 1.54) is 4.90 Å². The molecule has 10 heavy (non-hydrogen) atoms. The molecule has 56 valence electrons. The SMILES string of the molecule is CN1CCN(C(=S)Cl)C1=O. The fourth-order valence-corrected chi connectivity index (χ4v) is 1.14. The Bertz CT molecular complexity index is 184. The number of hydrogen-bond donors (Lipinski definition) is 0. The quantitative estimate of drug-likeness (QED) is 0.312. The molecule has 1 fully saturated rings. The zero-order valence-electron chi connectivity index (χ0n) is 5.50. The molecular formula is C5H7ClN2OS. The molecule has 3 nitrogen and oxygen atoms in total. The summed E-state index contributed by atoms with van der Waals surface area (Å²) in [4.78, 5) is 14.0. The minimum atomic E-state index is -0.111. The molecule has 1 saturated heterocycles. The van der Waals surface area contributed by atoms with Crippen LogP contribution in [0.3, 0.4) is 0 Å². The lowest BCUT2D eigenvalue weighted by Crippen LogP contribution is -2.30. The summed E-state index contributed by atoms with van der Waals surface area (Å²) >= 11 is 10.1. The molecular weight excluding hydrogens is 172 g/mol. The molecule has 0 radical (unpaired) electrons. The van der Waals surface area contributed by atoms with Crippen LogP contribution in [-0.4, -0.2) is 40.4 Å². The molecule has 0 aromatic rings. The molecule has 0 bridgehead atoms. The van der Waals surface area contributed by atoms with Gasteiger partial charge in [-0.1, -0.05) is 11.6 Å². The van der Waals surface area contributed by atoms with E-state index >= 15 is 0 Å². The molecule has 0 atom stereocenters. The monoisotopic (exact) mass is 178 g/mol. The Labute approximate surface area is 69.5 Å². The highest BCUT2D eigenvalue weighted by molar-refractivity contribution is 7.83. The van der Waals surface area contributed by atoms with Gasteiger partial charge in [0.25, 0.3) is 0 Å². The summed E-state index contributed by atoms with van der Waals surface area (Å²) in [5, 5.41) is 0. The van der Waals surface area contributed by atoms with E-state index in [0.717, 1.165) is 0 Å². The first-order chi connectivity index (χ1) is 4.63. The van der Waals surface area contributed by atoms with Crippen LogP contribution in [0.4, 0.5) is 4.79 Å². The first kappa shape index (κ1) is 7.75. The molecule has 0 unspecified atom stereocenters. The van der Waals surface area contributed by atoms with Crippen LogP contribution in [0.15, 0.2) is 0 Å². The number of rotatable bonds is 0. The van der Waals surface area contributed by atoms with E-state index in [0.29, 0.717) is 13.1 Å². The maximum absolute atomic E-state index is 11.0. The summed E-state index contributed by atoms with van der Waals surface area (Å²) in [6, 6.07) is -0.111. The molecule has 0 saturated carbocycles. The van der Waals surface area contributed by atoms with Crippen molar-refractivity contribution in [3.05, 3.63) is 0 Å². The van der Waals surface area contributed by atoms with Crippen molar-refractivity contribution in [3.63, 3.8) is 0 Å². The van der Waals surface area contributed by atoms with Crippen LogP contribution < -0.4 is 0 Å². The third-order valence-corrected chi connectivity index (χ3v) is 1.85. The van der Waals surface area contributed by atoms with Gasteiger partial charge >= 0.3 is 6.03 Å². The summed E-state index contributed by atoms with van der Waals surface area (Å²) in [6.45, 7) is 1.31. The second kappa shape index (κ2) is 2.72. The average molecular weight is 179 g/mol. The second-order valence-corrected chi connectivity index (χ2v) is 3.08. The Morgan fingerprint density at radius 2 is 2.30 bits per heavy atom. The highest BCUT2D eigenvalue weighted by atomic mass is 35.5. The van der Waals surface area contributed by atoms with Crippen LogP contribution in [0.5, 0.6) is 0 Å². The molecule has 1 aliphatic heterocycles. The summed E-state index contributed by atoms with van der Waals surface area (Å²) in [5.74, 6) is 0. The van der Waals surface area contributed by atoms with E-state index in [4.69, 9.17) is 11.6 Å². The topological polar surface area (TPSA) is 23.6 Å². The second-order valence-electron chi connectivity index (χ2n) is 2.11. The number of nitrogens with zero attached hydrogens (tertiary/aromatic N) is 2. The van der Waals surface area contributed by atoms with Crippen molar-refractivity contribution in [2.75, 3.05) is 20.1 Å². The maximum atomic E-state index is 11.0. The van der Waals surface area contributed by atoms with Gasteiger partial charge in [-0.15, -0.1) is 0 Å². The fraction of sp³-hybridized carbons (Fsp3) is 0.600. The number of hydrogen-bond acceptors (Lipinski definition) is 2. The van der Waals surface area contributed by atoms with E-state index in [1.54, 1.807) is 11.9 Å². The lowest BCUT2D eigenvalue weighted by molar-refractivity contribution is 0.214. The summed E-state index contributed by atoms with van der Waals surface area (Å²) in [6.07, 6.45) is 0. The van der Waals surface area contributed by atoms with Gasteiger partial charge in [0, 0.05) is 20.1 Å². The zero-order valence-corrected chi connectivity index (χ0v) is 7.08. The summed E-state index contributed by atoms with van der Waals surface area (Å²) < 4.78 is 0.134. The highest BCUT2D eigenvalue weighted by Gasteiger charge is 2.27. The van der Waals surface area contributed by atoms with Crippen molar-refractivity contribution in [2.24, 2.45) is 0 Å². The molecule has 1 aliphatic rings. The lowest BCUT2D eigenvalue weighted by Gasteiger charge is -2.11. The number of amides is 2. The van der Waals surface area contributed by atoms with E-state index in [9.17, 15) is 4.79 Å². The Morgan fingerprint density at radius 1 is 1.70 bits per heavy atom. The fourth-order valence-electron chi connectivity index (χ4n) is 0.810. The van der Waals surface area contributed by atoms with Gasteiger partial charge in [0.2, 0.25) is 0 Å². The Kier molecular flexibility index (Phi) is 2.11. The van der Waals surface area contributed by atoms with Gasteiger partial charge in [0.15, 0.2) is 4.45 Å². The van der Waals surface area contributed by atoms with E-state index in [1.807, 2.05) is 0 Å². The van der Waals surface area contributed by atoms with Gasteiger partial charge in [-0.3, -0.25) is 4.90 Å². The number of carbonyl (C=O) groups excluding carboxylic acids is 1. The third kappa shape index (κ3) is 1.22. The van der Waals surface area contributed by atoms with Crippen molar-refractivity contribution in [2.45, 2.75) is 0 Å². The third-order valence-electron chi connectivity index (χ3n) is 1.43. The maximum Gasteiger partial charge on any atom is 0.325 e. The van der Waals surface area contributed by atoms with Gasteiger partial charge < -0.3 is 4.90 Å². The van der Waals surface area contributed by atoms with Crippen molar-refractivity contribution in [3.8, 4) is 0 Å². The molecule has 2 amide bonds. The minimum Gasteiger partial charge on any atom is -0.326 e. The highest BCUT2D eigenvalue weighted by Crippen LogP contribution is 2.08. The molecule has 0 aliphatic carbocycles. The average Bonchev–Trinajstić information content (AvgIpc) is 2.14. The van der Waals surface area contributed by atoms with Crippen LogP contribution >= 0.6 is 23.8 Å². The lowest BCUT2D eigenvalue weighted by atomic mass is 10.6. The smallest absolute Gasteiger partial charge is 0.325 e. The Balaban J connectivity index is 2.66. The Morgan fingerprint density at radius 3 is 2.50 bits per heavy atom. The van der Waals surface area contributed by atoms with Crippen molar-refractivity contribution < 1.29 is 4.79 Å². The predicted octanol–water partition coefficient (Wildman–Crippen LogP) is 0.877. The molecule has 0 aromatic heterocycles. The molecule has 0 aromatic carbocycles. The number of halogens is 1. The van der Waals surface area contributed by atoms with Crippen molar-refractivity contribution in [1.82, 2.24) is 9.80 Å². The molecule has 1 heterocycles.